The molecule has 0 spiro atoms. The average Bonchev–Trinajstić information content (AvgIpc) is 2.99. The van der Waals surface area contributed by atoms with E-state index in [0.717, 1.165) is 43.6 Å². The number of pyridine rings is 1. The molecule has 5 rings (SSSR count). The summed E-state index contributed by atoms with van der Waals surface area (Å²) in [7, 11) is 0. The number of allylic oxidation sites excluding steroid dienone is 3. The molecule has 0 bridgehead atoms. The lowest BCUT2D eigenvalue weighted by atomic mass is 9.47. The molecule has 2 fully saturated rings. The van der Waals surface area contributed by atoms with E-state index in [-0.39, 0.29) is 22.8 Å². The van der Waals surface area contributed by atoms with Crippen molar-refractivity contribution in [2.45, 2.75) is 64.9 Å². The molecule has 2 saturated carbocycles. The van der Waals surface area contributed by atoms with Gasteiger partial charge in [-0.1, -0.05) is 31.6 Å². The number of aromatic nitrogens is 1. The maximum Gasteiger partial charge on any atom is 0.142 e. The first-order chi connectivity index (χ1) is 12.9. The first kappa shape index (κ1) is 17.6. The molecule has 144 valence electrons. The van der Waals surface area contributed by atoms with E-state index in [1.165, 1.54) is 30.2 Å². The maximum absolute atomic E-state index is 13.8. The predicted octanol–water partition coefficient (Wildman–Crippen LogP) is 5.54. The molecule has 0 saturated heterocycles. The molecule has 3 heteroatoms. The van der Waals surface area contributed by atoms with Gasteiger partial charge in [0.1, 0.15) is 5.82 Å². The molecular formula is C24H30FNO. The summed E-state index contributed by atoms with van der Waals surface area (Å²) >= 11 is 0. The lowest BCUT2D eigenvalue weighted by Crippen LogP contribution is -2.49. The third kappa shape index (κ3) is 2.50. The Morgan fingerprint density at radius 3 is 2.67 bits per heavy atom. The molecule has 6 atom stereocenters. The number of aliphatic hydroxyl groups is 1. The van der Waals surface area contributed by atoms with Crippen LogP contribution in [0.25, 0.3) is 5.57 Å². The Morgan fingerprint density at radius 1 is 1.04 bits per heavy atom. The Balaban J connectivity index is 1.48. The van der Waals surface area contributed by atoms with Crippen LogP contribution in [-0.4, -0.2) is 16.2 Å². The topological polar surface area (TPSA) is 33.1 Å². The standard InChI is InChI=1S/C24H30FNO/c1-23-9-7-18(27)12-16(23)3-4-19-21-6-5-20(15-11-17(25)14-26-13-15)24(21,2)10-8-22(19)23/h3,5,11,13-14,18-19,21-22,27H,4,6-10,12H2,1-2H3/t18-,19?,21?,22?,23-,24+/m0/s1. The zero-order valence-electron chi connectivity index (χ0n) is 16.4. The molecule has 1 aromatic heterocycles. The fourth-order valence-electron chi connectivity index (χ4n) is 7.22. The van der Waals surface area contributed by atoms with Crippen molar-refractivity contribution in [3.63, 3.8) is 0 Å². The summed E-state index contributed by atoms with van der Waals surface area (Å²) in [6.45, 7) is 4.87. The van der Waals surface area contributed by atoms with E-state index in [1.807, 2.05) is 6.20 Å². The highest BCUT2D eigenvalue weighted by molar-refractivity contribution is 5.72. The van der Waals surface area contributed by atoms with Crippen LogP contribution in [0.15, 0.2) is 36.2 Å². The minimum absolute atomic E-state index is 0.131. The first-order valence-electron chi connectivity index (χ1n) is 10.6. The van der Waals surface area contributed by atoms with Gasteiger partial charge in [0, 0.05) is 6.20 Å². The van der Waals surface area contributed by atoms with Crippen LogP contribution >= 0.6 is 0 Å². The highest BCUT2D eigenvalue weighted by Crippen LogP contribution is 2.66. The normalized spacial score (nSPS) is 43.3. The Hall–Kier alpha value is -1.48. The van der Waals surface area contributed by atoms with Gasteiger partial charge < -0.3 is 5.11 Å². The molecule has 27 heavy (non-hydrogen) atoms. The first-order valence-corrected chi connectivity index (χ1v) is 10.6. The van der Waals surface area contributed by atoms with Crippen molar-refractivity contribution in [3.8, 4) is 0 Å². The van der Waals surface area contributed by atoms with Crippen LogP contribution in [-0.2, 0) is 0 Å². The van der Waals surface area contributed by atoms with Crippen LogP contribution in [0.5, 0.6) is 0 Å². The third-order valence-electron chi connectivity index (χ3n) is 8.67. The van der Waals surface area contributed by atoms with Crippen molar-refractivity contribution in [2.75, 3.05) is 0 Å². The molecule has 0 radical (unpaired) electrons. The van der Waals surface area contributed by atoms with E-state index in [2.05, 4.69) is 31.0 Å². The molecule has 1 heterocycles. The van der Waals surface area contributed by atoms with Crippen LogP contribution in [0.2, 0.25) is 0 Å². The molecule has 0 aromatic carbocycles. The van der Waals surface area contributed by atoms with Gasteiger partial charge >= 0.3 is 0 Å². The van der Waals surface area contributed by atoms with Crippen molar-refractivity contribution in [2.24, 2.45) is 28.6 Å². The fraction of sp³-hybridized carbons (Fsp3) is 0.625. The van der Waals surface area contributed by atoms with Crippen molar-refractivity contribution in [1.29, 1.82) is 0 Å². The van der Waals surface area contributed by atoms with Gasteiger partial charge in [0.25, 0.3) is 0 Å². The minimum atomic E-state index is -0.243. The molecule has 0 aliphatic heterocycles. The smallest absolute Gasteiger partial charge is 0.142 e. The number of halogens is 1. The highest BCUT2D eigenvalue weighted by Gasteiger charge is 2.56. The van der Waals surface area contributed by atoms with Gasteiger partial charge in [-0.2, -0.15) is 0 Å². The SMILES string of the molecule is C[C@]12CC[C@H](O)CC1=CCC1C2CC[C@]2(C)C(c3cncc(F)c3)=CCC12. The Kier molecular flexibility index (Phi) is 3.92. The second kappa shape index (κ2) is 6.01. The number of hydrogen-bond acceptors (Lipinski definition) is 2. The molecular weight excluding hydrogens is 337 g/mol. The zero-order chi connectivity index (χ0) is 18.8. The van der Waals surface area contributed by atoms with E-state index in [1.54, 1.807) is 6.07 Å². The summed E-state index contributed by atoms with van der Waals surface area (Å²) in [5.74, 6) is 1.81. The molecule has 2 nitrogen and oxygen atoms in total. The van der Waals surface area contributed by atoms with Crippen molar-refractivity contribution in [1.82, 2.24) is 4.98 Å². The van der Waals surface area contributed by atoms with Gasteiger partial charge in [-0.3, -0.25) is 4.98 Å². The minimum Gasteiger partial charge on any atom is -0.393 e. The molecule has 1 aromatic rings. The molecule has 4 aliphatic carbocycles. The van der Waals surface area contributed by atoms with Crippen LogP contribution < -0.4 is 0 Å². The number of aliphatic hydroxyl groups excluding tert-OH is 1. The van der Waals surface area contributed by atoms with Gasteiger partial charge in [0.05, 0.1) is 12.3 Å². The lowest BCUT2D eigenvalue weighted by Gasteiger charge is -2.57. The number of hydrogen-bond donors (Lipinski definition) is 1. The predicted molar refractivity (Wildman–Crippen MR) is 105 cm³/mol. The summed E-state index contributed by atoms with van der Waals surface area (Å²) in [5.41, 5.74) is 4.21. The van der Waals surface area contributed by atoms with Gasteiger partial charge in [0.2, 0.25) is 0 Å². The summed E-state index contributed by atoms with van der Waals surface area (Å²) in [6.07, 6.45) is 15.4. The van der Waals surface area contributed by atoms with E-state index in [0.29, 0.717) is 11.8 Å². The second-order valence-corrected chi connectivity index (χ2v) is 9.86. The van der Waals surface area contributed by atoms with Crippen LogP contribution in [0.3, 0.4) is 0 Å². The van der Waals surface area contributed by atoms with Crippen molar-refractivity contribution in [3.05, 3.63) is 47.6 Å². The molecule has 3 unspecified atom stereocenters. The maximum atomic E-state index is 13.8. The average molecular weight is 368 g/mol. The molecule has 0 amide bonds. The summed E-state index contributed by atoms with van der Waals surface area (Å²) in [6, 6.07) is 1.65. The van der Waals surface area contributed by atoms with Gasteiger partial charge in [-0.15, -0.1) is 0 Å². The van der Waals surface area contributed by atoms with Crippen LogP contribution in [0, 0.1) is 34.4 Å². The monoisotopic (exact) mass is 367 g/mol. The second-order valence-electron chi connectivity index (χ2n) is 9.86. The molecule has 1 N–H and O–H groups in total. The third-order valence-corrected chi connectivity index (χ3v) is 8.67. The number of rotatable bonds is 1. The van der Waals surface area contributed by atoms with Crippen LogP contribution in [0.4, 0.5) is 4.39 Å². The zero-order valence-corrected chi connectivity index (χ0v) is 16.4. The Bertz CT molecular complexity index is 829. The van der Waals surface area contributed by atoms with Crippen molar-refractivity contribution < 1.29 is 9.50 Å². The van der Waals surface area contributed by atoms with Crippen molar-refractivity contribution >= 4 is 5.57 Å². The largest absolute Gasteiger partial charge is 0.393 e. The fourth-order valence-corrected chi connectivity index (χ4v) is 7.22. The Labute approximate surface area is 161 Å². The summed E-state index contributed by atoms with van der Waals surface area (Å²) in [4.78, 5) is 4.10. The molecule has 4 aliphatic rings. The summed E-state index contributed by atoms with van der Waals surface area (Å²) in [5, 5.41) is 10.1. The number of fused-ring (bicyclic) bond motifs is 5. The van der Waals surface area contributed by atoms with E-state index in [9.17, 15) is 9.50 Å². The van der Waals surface area contributed by atoms with E-state index in [4.69, 9.17) is 0 Å². The lowest BCUT2D eigenvalue weighted by molar-refractivity contribution is -0.0238. The van der Waals surface area contributed by atoms with Gasteiger partial charge in [-0.25, -0.2) is 4.39 Å². The Morgan fingerprint density at radius 2 is 1.85 bits per heavy atom. The van der Waals surface area contributed by atoms with E-state index < -0.39 is 0 Å². The quantitative estimate of drug-likeness (QED) is 0.661. The van der Waals surface area contributed by atoms with Gasteiger partial charge in [0.15, 0.2) is 0 Å². The van der Waals surface area contributed by atoms with E-state index >= 15 is 0 Å². The highest BCUT2D eigenvalue weighted by atomic mass is 19.1. The summed E-state index contributed by atoms with van der Waals surface area (Å²) < 4.78 is 13.8. The van der Waals surface area contributed by atoms with Gasteiger partial charge in [-0.05, 0) is 90.7 Å². The number of nitrogens with zero attached hydrogens (tertiary/aromatic N) is 1. The van der Waals surface area contributed by atoms with Crippen LogP contribution in [0.1, 0.15) is 64.4 Å².